The van der Waals surface area contributed by atoms with Gasteiger partial charge in [0.1, 0.15) is 0 Å². The van der Waals surface area contributed by atoms with Crippen molar-refractivity contribution in [2.75, 3.05) is 13.2 Å². The summed E-state index contributed by atoms with van der Waals surface area (Å²) < 4.78 is 4.82. The second-order valence-electron chi connectivity index (χ2n) is 2.80. The summed E-state index contributed by atoms with van der Waals surface area (Å²) in [4.78, 5) is 11.0. The maximum atomic E-state index is 11.0. The number of unbranched alkanes of at least 4 members (excludes halogenated alkanes) is 1. The van der Waals surface area contributed by atoms with Gasteiger partial charge in [-0.2, -0.15) is 0 Å². The Morgan fingerprint density at radius 3 is 2.67 bits per heavy atom. The normalized spacial score (nSPS) is 12.6. The Balaban J connectivity index is 3.42. The molecule has 1 atom stereocenters. The number of quaternary nitrogens is 2. The van der Waals surface area contributed by atoms with Crippen molar-refractivity contribution in [1.82, 2.24) is 0 Å². The Labute approximate surface area is 73.2 Å². The van der Waals surface area contributed by atoms with E-state index >= 15 is 0 Å². The Bertz CT molecular complexity index is 128. The third-order valence-electron chi connectivity index (χ3n) is 1.67. The van der Waals surface area contributed by atoms with Gasteiger partial charge in [0.25, 0.3) is 0 Å². The van der Waals surface area contributed by atoms with Crippen LogP contribution in [0.3, 0.4) is 0 Å². The summed E-state index contributed by atoms with van der Waals surface area (Å²) in [5.41, 5.74) is 7.46. The zero-order valence-electron chi connectivity index (χ0n) is 7.84. The van der Waals surface area contributed by atoms with Crippen LogP contribution in [0.4, 0.5) is 0 Å². The van der Waals surface area contributed by atoms with E-state index in [-0.39, 0.29) is 12.0 Å². The first kappa shape index (κ1) is 11.4. The van der Waals surface area contributed by atoms with Crippen molar-refractivity contribution in [2.24, 2.45) is 0 Å². The van der Waals surface area contributed by atoms with Gasteiger partial charge in [0, 0.05) is 6.42 Å². The molecule has 0 aliphatic heterocycles. The summed E-state index contributed by atoms with van der Waals surface area (Å²) in [6.07, 6.45) is 2.89. The third-order valence-corrected chi connectivity index (χ3v) is 1.67. The second kappa shape index (κ2) is 7.06. The summed E-state index contributed by atoms with van der Waals surface area (Å²) >= 11 is 0. The van der Waals surface area contributed by atoms with Gasteiger partial charge in [0.05, 0.1) is 13.2 Å². The van der Waals surface area contributed by atoms with Crippen molar-refractivity contribution < 1.29 is 21.0 Å². The molecule has 0 aromatic heterocycles. The number of carbonyl (C=O) groups excluding carboxylic acids is 1. The average molecular weight is 176 g/mol. The van der Waals surface area contributed by atoms with Crippen molar-refractivity contribution in [3.8, 4) is 0 Å². The topological polar surface area (TPSA) is 81.6 Å². The van der Waals surface area contributed by atoms with Crippen molar-refractivity contribution in [1.29, 1.82) is 0 Å². The molecule has 0 amide bonds. The van der Waals surface area contributed by atoms with Crippen LogP contribution in [-0.4, -0.2) is 25.2 Å². The molecule has 0 spiro atoms. The SMILES string of the molecule is CCOC(=O)[C@@H]([NH3+])CCCC[NH3+]. The second-order valence-corrected chi connectivity index (χ2v) is 2.80. The smallest absolute Gasteiger partial charge is 0.364 e. The Hall–Kier alpha value is -0.610. The lowest BCUT2D eigenvalue weighted by Crippen LogP contribution is -2.65. The highest BCUT2D eigenvalue weighted by Crippen LogP contribution is 1.97. The molecule has 0 aromatic rings. The lowest BCUT2D eigenvalue weighted by atomic mass is 10.1. The zero-order valence-corrected chi connectivity index (χ0v) is 7.84. The summed E-state index contributed by atoms with van der Waals surface area (Å²) in [6, 6.07) is -0.198. The van der Waals surface area contributed by atoms with Crippen LogP contribution in [0, 0.1) is 0 Å². The lowest BCUT2D eigenvalue weighted by molar-refractivity contribution is -0.410. The van der Waals surface area contributed by atoms with Crippen LogP contribution in [0.25, 0.3) is 0 Å². The molecule has 4 nitrogen and oxygen atoms in total. The molecule has 0 saturated heterocycles. The minimum atomic E-state index is -0.198. The summed E-state index contributed by atoms with van der Waals surface area (Å²) in [6.45, 7) is 3.18. The molecular formula is C8H20N2O2+2. The molecule has 4 heteroatoms. The van der Waals surface area contributed by atoms with Crippen LogP contribution in [0.15, 0.2) is 0 Å². The van der Waals surface area contributed by atoms with Crippen LogP contribution in [0.5, 0.6) is 0 Å². The number of hydrogen-bond acceptors (Lipinski definition) is 2. The van der Waals surface area contributed by atoms with Gasteiger partial charge in [-0.1, -0.05) is 0 Å². The van der Waals surface area contributed by atoms with Gasteiger partial charge in [-0.05, 0) is 19.8 Å². The van der Waals surface area contributed by atoms with Gasteiger partial charge in [0.2, 0.25) is 0 Å². The molecule has 12 heavy (non-hydrogen) atoms. The monoisotopic (exact) mass is 176 g/mol. The molecule has 72 valence electrons. The third kappa shape index (κ3) is 5.09. The van der Waals surface area contributed by atoms with Gasteiger partial charge >= 0.3 is 5.97 Å². The van der Waals surface area contributed by atoms with Crippen molar-refractivity contribution in [2.45, 2.75) is 32.2 Å². The van der Waals surface area contributed by atoms with E-state index < -0.39 is 0 Å². The summed E-state index contributed by atoms with van der Waals surface area (Å²) in [5, 5.41) is 0. The fraction of sp³-hybridized carbons (Fsp3) is 0.875. The summed E-state index contributed by atoms with van der Waals surface area (Å²) in [7, 11) is 0. The van der Waals surface area contributed by atoms with Crippen LogP contribution in [0.2, 0.25) is 0 Å². The van der Waals surface area contributed by atoms with Gasteiger partial charge in [-0.25, -0.2) is 4.79 Å². The minimum absolute atomic E-state index is 0.179. The molecule has 0 rings (SSSR count). The first-order chi connectivity index (χ1) is 5.72. The predicted molar refractivity (Wildman–Crippen MR) is 44.9 cm³/mol. The highest BCUT2D eigenvalue weighted by molar-refractivity contribution is 5.73. The number of ether oxygens (including phenoxy) is 1. The van der Waals surface area contributed by atoms with Crippen LogP contribution < -0.4 is 11.5 Å². The quantitative estimate of drug-likeness (QED) is 0.384. The van der Waals surface area contributed by atoms with Gasteiger partial charge in [-0.3, -0.25) is 0 Å². The molecule has 0 aromatic carbocycles. The largest absolute Gasteiger partial charge is 0.462 e. The Morgan fingerprint density at radius 2 is 2.17 bits per heavy atom. The van der Waals surface area contributed by atoms with E-state index in [0.29, 0.717) is 6.61 Å². The van der Waals surface area contributed by atoms with E-state index in [9.17, 15) is 4.79 Å². The van der Waals surface area contributed by atoms with Gasteiger partial charge < -0.3 is 16.2 Å². The molecule has 0 radical (unpaired) electrons. The number of hydrogen-bond donors (Lipinski definition) is 2. The van der Waals surface area contributed by atoms with Crippen molar-refractivity contribution in [3.63, 3.8) is 0 Å². The molecule has 0 heterocycles. The molecule has 0 aliphatic carbocycles. The maximum absolute atomic E-state index is 11.0. The first-order valence-electron chi connectivity index (χ1n) is 4.51. The Kier molecular flexibility index (Phi) is 6.70. The molecular weight excluding hydrogens is 156 g/mol. The zero-order chi connectivity index (χ0) is 9.40. The van der Waals surface area contributed by atoms with E-state index in [1.54, 1.807) is 6.92 Å². The van der Waals surface area contributed by atoms with Crippen LogP contribution in [-0.2, 0) is 9.53 Å². The molecule has 0 saturated carbocycles. The fourth-order valence-corrected chi connectivity index (χ4v) is 0.945. The molecule has 0 aliphatic rings. The van der Waals surface area contributed by atoms with E-state index in [4.69, 9.17) is 4.74 Å². The van der Waals surface area contributed by atoms with Crippen molar-refractivity contribution >= 4 is 5.97 Å². The standard InChI is InChI=1S/C8H18N2O2/c1-2-12-8(11)7(10)5-3-4-6-9/h7H,2-6,9-10H2,1H3/p+2/t7-/m0/s1. The van der Waals surface area contributed by atoms with Crippen molar-refractivity contribution in [3.05, 3.63) is 0 Å². The fourth-order valence-electron chi connectivity index (χ4n) is 0.945. The molecule has 0 fully saturated rings. The molecule has 0 bridgehead atoms. The van der Waals surface area contributed by atoms with E-state index in [1.807, 2.05) is 0 Å². The molecule has 0 unspecified atom stereocenters. The highest BCUT2D eigenvalue weighted by atomic mass is 16.5. The maximum Gasteiger partial charge on any atom is 0.364 e. The number of carbonyl (C=O) groups is 1. The van der Waals surface area contributed by atoms with Gasteiger partial charge in [-0.15, -0.1) is 0 Å². The predicted octanol–water partition coefficient (Wildman–Crippen LogP) is -1.43. The summed E-state index contributed by atoms with van der Waals surface area (Å²) in [5.74, 6) is -0.179. The minimum Gasteiger partial charge on any atom is -0.462 e. The number of rotatable bonds is 6. The average Bonchev–Trinajstić information content (AvgIpc) is 2.05. The van der Waals surface area contributed by atoms with E-state index in [2.05, 4.69) is 11.5 Å². The van der Waals surface area contributed by atoms with E-state index in [0.717, 1.165) is 25.8 Å². The highest BCUT2D eigenvalue weighted by Gasteiger charge is 2.17. The van der Waals surface area contributed by atoms with Gasteiger partial charge in [0.15, 0.2) is 6.04 Å². The Morgan fingerprint density at radius 1 is 1.50 bits per heavy atom. The van der Waals surface area contributed by atoms with E-state index in [1.165, 1.54) is 0 Å². The lowest BCUT2D eigenvalue weighted by Gasteiger charge is -2.05. The number of esters is 1. The van der Waals surface area contributed by atoms with Crippen LogP contribution >= 0.6 is 0 Å². The molecule has 6 N–H and O–H groups in total. The van der Waals surface area contributed by atoms with Crippen LogP contribution in [0.1, 0.15) is 26.2 Å². The first-order valence-corrected chi connectivity index (χ1v) is 4.51.